The number of phenols is 1. The van der Waals surface area contributed by atoms with Crippen LogP contribution >= 0.6 is 23.2 Å². The van der Waals surface area contributed by atoms with Crippen molar-refractivity contribution in [1.82, 2.24) is 15.5 Å². The normalized spacial score (nSPS) is 10.3. The molecule has 0 heterocycles. The van der Waals surface area contributed by atoms with Crippen LogP contribution in [0.1, 0.15) is 5.56 Å². The van der Waals surface area contributed by atoms with Gasteiger partial charge in [0.2, 0.25) is 0 Å². The van der Waals surface area contributed by atoms with Gasteiger partial charge < -0.3 is 20.6 Å². The molecule has 0 aliphatic rings. The number of hydrogen-bond donors (Lipinski definition) is 3. The fourth-order valence-electron chi connectivity index (χ4n) is 1.39. The van der Waals surface area contributed by atoms with E-state index < -0.39 is 0 Å². The summed E-state index contributed by atoms with van der Waals surface area (Å²) in [6.45, 7) is 1.49. The van der Waals surface area contributed by atoms with E-state index in [1.54, 1.807) is 20.2 Å². The molecule has 7 heteroatoms. The van der Waals surface area contributed by atoms with E-state index in [0.29, 0.717) is 30.2 Å². The Kier molecular flexibility index (Phi) is 6.21. The number of carbonyl (C=O) groups is 1. The van der Waals surface area contributed by atoms with Gasteiger partial charge in [0.05, 0.1) is 5.02 Å². The number of phenolic OH excluding ortho intramolecular Hbond substituents is 1. The minimum absolute atomic E-state index is 0.0240. The first-order valence-corrected chi connectivity index (χ1v) is 6.50. The molecular formula is C12H17Cl2N3O2. The number of urea groups is 1. The van der Waals surface area contributed by atoms with Gasteiger partial charge in [-0.15, -0.1) is 0 Å². The molecule has 0 saturated carbocycles. The summed E-state index contributed by atoms with van der Waals surface area (Å²) in [6.07, 6.45) is 0. The Bertz CT molecular complexity index is 453. The molecule has 19 heavy (non-hydrogen) atoms. The number of halogens is 2. The highest BCUT2D eigenvalue weighted by Gasteiger charge is 2.07. The van der Waals surface area contributed by atoms with Gasteiger partial charge in [-0.05, 0) is 12.1 Å². The maximum atomic E-state index is 11.2. The zero-order valence-electron chi connectivity index (χ0n) is 10.8. The van der Waals surface area contributed by atoms with E-state index in [1.807, 2.05) is 0 Å². The second kappa shape index (κ2) is 7.43. The Balaban J connectivity index is 2.36. The molecule has 5 nitrogen and oxygen atoms in total. The molecule has 0 bridgehead atoms. The van der Waals surface area contributed by atoms with E-state index in [-0.39, 0.29) is 16.8 Å². The lowest BCUT2D eigenvalue weighted by molar-refractivity contribution is 0.217. The van der Waals surface area contributed by atoms with Crippen LogP contribution in [-0.4, -0.2) is 43.2 Å². The highest BCUT2D eigenvalue weighted by Crippen LogP contribution is 2.30. The minimum atomic E-state index is -0.143. The molecule has 0 aromatic heterocycles. The van der Waals surface area contributed by atoms with Gasteiger partial charge in [-0.1, -0.05) is 23.2 Å². The number of rotatable bonds is 5. The summed E-state index contributed by atoms with van der Waals surface area (Å²) in [6, 6.07) is 2.99. The number of aromatic hydroxyl groups is 1. The van der Waals surface area contributed by atoms with Crippen molar-refractivity contribution in [2.75, 3.05) is 27.2 Å². The fourth-order valence-corrected chi connectivity index (χ4v) is 1.93. The summed E-state index contributed by atoms with van der Waals surface area (Å²) >= 11 is 11.7. The van der Waals surface area contributed by atoms with Crippen molar-refractivity contribution < 1.29 is 9.90 Å². The van der Waals surface area contributed by atoms with Gasteiger partial charge in [0.1, 0.15) is 5.75 Å². The first-order valence-electron chi connectivity index (χ1n) is 5.74. The molecule has 0 aliphatic carbocycles. The van der Waals surface area contributed by atoms with E-state index in [9.17, 15) is 9.90 Å². The number of nitrogens with one attached hydrogen (secondary N) is 2. The Hall–Kier alpha value is -1.17. The third kappa shape index (κ3) is 5.14. The molecule has 0 fully saturated rings. The molecule has 2 amide bonds. The third-order valence-corrected chi connectivity index (χ3v) is 2.91. The maximum Gasteiger partial charge on any atom is 0.316 e. The number of amides is 2. The standard InChI is InChI=1S/C12H17Cl2N3O2/c1-17(2)12(19)16-4-3-15-7-8-5-9(13)6-10(14)11(8)18/h5-6,15,18H,3-4,7H2,1-2H3,(H,16,19). The Morgan fingerprint density at radius 3 is 2.63 bits per heavy atom. The van der Waals surface area contributed by atoms with Crippen molar-refractivity contribution in [2.24, 2.45) is 0 Å². The Morgan fingerprint density at radius 1 is 1.32 bits per heavy atom. The maximum absolute atomic E-state index is 11.2. The van der Waals surface area contributed by atoms with E-state index in [0.717, 1.165) is 0 Å². The predicted octanol–water partition coefficient (Wildman–Crippen LogP) is 2.06. The second-order valence-electron chi connectivity index (χ2n) is 4.20. The summed E-state index contributed by atoms with van der Waals surface area (Å²) in [5, 5.41) is 16.2. The fraction of sp³-hybridized carbons (Fsp3) is 0.417. The molecule has 1 rings (SSSR count). The molecule has 1 aromatic carbocycles. The quantitative estimate of drug-likeness (QED) is 0.730. The summed E-state index contributed by atoms with van der Waals surface area (Å²) < 4.78 is 0. The van der Waals surface area contributed by atoms with Crippen molar-refractivity contribution in [3.63, 3.8) is 0 Å². The van der Waals surface area contributed by atoms with Crippen LogP contribution in [0.3, 0.4) is 0 Å². The van der Waals surface area contributed by atoms with Crippen molar-refractivity contribution in [1.29, 1.82) is 0 Å². The van der Waals surface area contributed by atoms with Crippen LogP contribution < -0.4 is 10.6 Å². The van der Waals surface area contributed by atoms with Gasteiger partial charge in [-0.25, -0.2) is 4.79 Å². The summed E-state index contributed by atoms with van der Waals surface area (Å²) in [7, 11) is 3.35. The monoisotopic (exact) mass is 305 g/mol. The lowest BCUT2D eigenvalue weighted by Crippen LogP contribution is -2.38. The van der Waals surface area contributed by atoms with Crippen molar-refractivity contribution >= 4 is 29.2 Å². The summed E-state index contributed by atoms with van der Waals surface area (Å²) in [5.41, 5.74) is 0.622. The highest BCUT2D eigenvalue weighted by atomic mass is 35.5. The average molecular weight is 306 g/mol. The first-order chi connectivity index (χ1) is 8.91. The molecule has 106 valence electrons. The van der Waals surface area contributed by atoms with Crippen LogP contribution in [0.2, 0.25) is 10.0 Å². The highest BCUT2D eigenvalue weighted by molar-refractivity contribution is 6.35. The van der Waals surface area contributed by atoms with E-state index in [4.69, 9.17) is 23.2 Å². The number of benzene rings is 1. The summed E-state index contributed by atoms with van der Waals surface area (Å²) in [4.78, 5) is 12.7. The van der Waals surface area contributed by atoms with Gasteiger partial charge in [0, 0.05) is 44.3 Å². The lowest BCUT2D eigenvalue weighted by Gasteiger charge is -2.12. The van der Waals surface area contributed by atoms with Crippen LogP contribution in [0.15, 0.2) is 12.1 Å². The van der Waals surface area contributed by atoms with Gasteiger partial charge in [0.15, 0.2) is 0 Å². The molecule has 1 aromatic rings. The van der Waals surface area contributed by atoms with E-state index >= 15 is 0 Å². The van der Waals surface area contributed by atoms with Crippen molar-refractivity contribution in [3.8, 4) is 5.75 Å². The van der Waals surface area contributed by atoms with Gasteiger partial charge in [-0.2, -0.15) is 0 Å². The van der Waals surface area contributed by atoms with Crippen LogP contribution in [0.4, 0.5) is 4.79 Å². The van der Waals surface area contributed by atoms with Crippen molar-refractivity contribution in [2.45, 2.75) is 6.54 Å². The molecule has 0 saturated heterocycles. The number of nitrogens with zero attached hydrogens (tertiary/aromatic N) is 1. The lowest BCUT2D eigenvalue weighted by atomic mass is 10.2. The Labute approximate surface area is 122 Å². The topological polar surface area (TPSA) is 64.6 Å². The number of carbonyl (C=O) groups excluding carboxylic acids is 1. The van der Waals surface area contributed by atoms with Crippen molar-refractivity contribution in [3.05, 3.63) is 27.7 Å². The average Bonchev–Trinajstić information content (AvgIpc) is 2.34. The minimum Gasteiger partial charge on any atom is -0.506 e. The summed E-state index contributed by atoms with van der Waals surface area (Å²) in [5.74, 6) is 0.0240. The molecule has 0 aliphatic heterocycles. The van der Waals surface area contributed by atoms with Crippen LogP contribution in [0.25, 0.3) is 0 Å². The second-order valence-corrected chi connectivity index (χ2v) is 5.04. The van der Waals surface area contributed by atoms with Gasteiger partial charge >= 0.3 is 6.03 Å². The molecular weight excluding hydrogens is 289 g/mol. The molecule has 0 radical (unpaired) electrons. The van der Waals surface area contributed by atoms with Crippen LogP contribution in [0.5, 0.6) is 5.75 Å². The van der Waals surface area contributed by atoms with Crippen LogP contribution in [-0.2, 0) is 6.54 Å². The van der Waals surface area contributed by atoms with E-state index in [1.165, 1.54) is 11.0 Å². The number of hydrogen-bond acceptors (Lipinski definition) is 3. The molecule has 0 spiro atoms. The largest absolute Gasteiger partial charge is 0.506 e. The smallest absolute Gasteiger partial charge is 0.316 e. The van der Waals surface area contributed by atoms with Crippen LogP contribution in [0, 0.1) is 0 Å². The van der Waals surface area contributed by atoms with Gasteiger partial charge in [-0.3, -0.25) is 0 Å². The van der Waals surface area contributed by atoms with Gasteiger partial charge in [0.25, 0.3) is 0 Å². The predicted molar refractivity (Wildman–Crippen MR) is 76.9 cm³/mol. The van der Waals surface area contributed by atoms with E-state index in [2.05, 4.69) is 10.6 Å². The Morgan fingerprint density at radius 2 is 2.00 bits per heavy atom. The molecule has 0 unspecified atom stereocenters. The SMILES string of the molecule is CN(C)C(=O)NCCNCc1cc(Cl)cc(Cl)c1O. The zero-order chi connectivity index (χ0) is 14.4. The molecule has 3 N–H and O–H groups in total. The zero-order valence-corrected chi connectivity index (χ0v) is 12.3. The third-order valence-electron chi connectivity index (χ3n) is 2.41. The molecule has 0 atom stereocenters. The first kappa shape index (κ1) is 15.9.